The number of thiophene rings is 1. The van der Waals surface area contributed by atoms with Crippen molar-refractivity contribution in [1.29, 1.82) is 0 Å². The molecule has 1 aliphatic rings. The molecule has 0 radical (unpaired) electrons. The molecular formula is C19H22ClN3O2S. The van der Waals surface area contributed by atoms with Gasteiger partial charge >= 0.3 is 0 Å². The first-order valence-electron chi connectivity index (χ1n) is 8.68. The van der Waals surface area contributed by atoms with E-state index >= 15 is 0 Å². The Kier molecular flexibility index (Phi) is 5.96. The summed E-state index contributed by atoms with van der Waals surface area (Å²) in [6, 6.07) is 7.51. The summed E-state index contributed by atoms with van der Waals surface area (Å²) in [4.78, 5) is 25.4. The van der Waals surface area contributed by atoms with Gasteiger partial charge in [-0.3, -0.25) is 9.59 Å². The van der Waals surface area contributed by atoms with Gasteiger partial charge in [0.2, 0.25) is 5.91 Å². The first-order valence-corrected chi connectivity index (χ1v) is 9.88. The molecule has 138 valence electrons. The molecule has 0 spiro atoms. The smallest absolute Gasteiger partial charge is 0.251 e. The Balaban J connectivity index is 1.64. The van der Waals surface area contributed by atoms with Crippen LogP contribution in [0.2, 0.25) is 5.02 Å². The molecule has 1 atom stereocenters. The molecule has 1 heterocycles. The standard InChI is InChI=1S/C19H22ClN3O2S/c1-11(12-6-8-13(20)9-7-12)22-10-16(24)23-19-17(18(21)25)14-4-2-3-5-15(14)26-19/h6-9,11,22H,2-5,10H2,1H3,(H2,21,25)(H,23,24)/t11-/m0/s1. The number of rotatable bonds is 6. The highest BCUT2D eigenvalue weighted by atomic mass is 35.5. The van der Waals surface area contributed by atoms with E-state index < -0.39 is 5.91 Å². The summed E-state index contributed by atoms with van der Waals surface area (Å²) in [6.07, 6.45) is 3.96. The fourth-order valence-electron chi connectivity index (χ4n) is 3.20. The molecule has 0 aliphatic heterocycles. The number of hydrogen-bond acceptors (Lipinski definition) is 4. The first-order chi connectivity index (χ1) is 12.5. The maximum Gasteiger partial charge on any atom is 0.251 e. The van der Waals surface area contributed by atoms with Crippen LogP contribution in [0, 0.1) is 0 Å². The topological polar surface area (TPSA) is 84.2 Å². The summed E-state index contributed by atoms with van der Waals surface area (Å²) in [5.41, 5.74) is 8.12. The lowest BCUT2D eigenvalue weighted by Gasteiger charge is -2.14. The largest absolute Gasteiger partial charge is 0.365 e. The van der Waals surface area contributed by atoms with Crippen molar-refractivity contribution in [1.82, 2.24) is 5.32 Å². The second kappa shape index (κ2) is 8.20. The summed E-state index contributed by atoms with van der Waals surface area (Å²) in [6.45, 7) is 2.12. The second-order valence-electron chi connectivity index (χ2n) is 6.48. The molecule has 0 bridgehead atoms. The van der Waals surface area contributed by atoms with Gasteiger partial charge in [0, 0.05) is 15.9 Å². The molecule has 1 aliphatic carbocycles. The molecule has 5 nitrogen and oxygen atoms in total. The molecule has 7 heteroatoms. The van der Waals surface area contributed by atoms with Crippen LogP contribution in [0.5, 0.6) is 0 Å². The Hall–Kier alpha value is -1.89. The molecule has 3 rings (SSSR count). The highest BCUT2D eigenvalue weighted by molar-refractivity contribution is 7.17. The van der Waals surface area contributed by atoms with Gasteiger partial charge in [-0.1, -0.05) is 23.7 Å². The van der Waals surface area contributed by atoms with Crippen molar-refractivity contribution in [3.05, 3.63) is 50.9 Å². The number of carbonyl (C=O) groups is 2. The molecule has 26 heavy (non-hydrogen) atoms. The number of benzene rings is 1. The van der Waals surface area contributed by atoms with Crippen LogP contribution >= 0.6 is 22.9 Å². The number of hydrogen-bond donors (Lipinski definition) is 3. The summed E-state index contributed by atoms with van der Waals surface area (Å²) >= 11 is 7.37. The molecule has 2 amide bonds. The Morgan fingerprint density at radius 1 is 1.23 bits per heavy atom. The van der Waals surface area contributed by atoms with Gasteiger partial charge in [0.15, 0.2) is 0 Å². The number of fused-ring (bicyclic) bond motifs is 1. The van der Waals surface area contributed by atoms with Gasteiger partial charge in [-0.05, 0) is 55.9 Å². The SMILES string of the molecule is C[C@H](NCC(=O)Nc1sc2c(c1C(N)=O)CCCC2)c1ccc(Cl)cc1. The van der Waals surface area contributed by atoms with Crippen LogP contribution in [0.4, 0.5) is 5.00 Å². The number of carbonyl (C=O) groups excluding carboxylic acids is 2. The molecule has 1 aromatic carbocycles. The van der Waals surface area contributed by atoms with Crippen LogP contribution in [0.3, 0.4) is 0 Å². The Bertz CT molecular complexity index is 817. The molecule has 0 unspecified atom stereocenters. The third kappa shape index (κ3) is 4.26. The first kappa shape index (κ1) is 18.9. The third-order valence-electron chi connectivity index (χ3n) is 4.61. The van der Waals surface area contributed by atoms with Crippen molar-refractivity contribution in [2.24, 2.45) is 5.73 Å². The van der Waals surface area contributed by atoms with Crippen molar-refractivity contribution in [3.8, 4) is 0 Å². The Morgan fingerprint density at radius 3 is 2.62 bits per heavy atom. The highest BCUT2D eigenvalue weighted by Gasteiger charge is 2.24. The molecule has 0 saturated heterocycles. The zero-order valence-electron chi connectivity index (χ0n) is 14.6. The van der Waals surface area contributed by atoms with E-state index in [0.717, 1.165) is 36.8 Å². The fraction of sp³-hybridized carbons (Fsp3) is 0.368. The van der Waals surface area contributed by atoms with E-state index in [0.29, 0.717) is 15.6 Å². The third-order valence-corrected chi connectivity index (χ3v) is 6.07. The summed E-state index contributed by atoms with van der Waals surface area (Å²) < 4.78 is 0. The molecular weight excluding hydrogens is 370 g/mol. The number of aryl methyl sites for hydroxylation is 1. The molecule has 2 aromatic rings. The van der Waals surface area contributed by atoms with Crippen molar-refractivity contribution in [2.75, 3.05) is 11.9 Å². The van der Waals surface area contributed by atoms with Crippen LogP contribution in [0.1, 0.15) is 52.2 Å². The quantitative estimate of drug-likeness (QED) is 0.702. The van der Waals surface area contributed by atoms with Crippen molar-refractivity contribution < 1.29 is 9.59 Å². The average Bonchev–Trinajstić information content (AvgIpc) is 2.98. The Labute approximate surface area is 161 Å². The van der Waals surface area contributed by atoms with Crippen molar-refractivity contribution >= 4 is 39.8 Å². The number of halogens is 1. The minimum atomic E-state index is -0.470. The molecule has 0 saturated carbocycles. The Morgan fingerprint density at radius 2 is 1.92 bits per heavy atom. The zero-order chi connectivity index (χ0) is 18.7. The van der Waals surface area contributed by atoms with E-state index in [1.165, 1.54) is 16.2 Å². The normalized spacial score (nSPS) is 14.5. The number of anilines is 1. The van der Waals surface area contributed by atoms with Crippen molar-refractivity contribution in [3.63, 3.8) is 0 Å². The van der Waals surface area contributed by atoms with E-state index in [4.69, 9.17) is 17.3 Å². The van der Waals surface area contributed by atoms with Crippen LogP contribution in [0.15, 0.2) is 24.3 Å². The van der Waals surface area contributed by atoms with Gasteiger partial charge in [-0.25, -0.2) is 0 Å². The second-order valence-corrected chi connectivity index (χ2v) is 8.02. The van der Waals surface area contributed by atoms with E-state index in [9.17, 15) is 9.59 Å². The van der Waals surface area contributed by atoms with Gasteiger partial charge in [-0.15, -0.1) is 11.3 Å². The van der Waals surface area contributed by atoms with Gasteiger partial charge in [0.25, 0.3) is 5.91 Å². The summed E-state index contributed by atoms with van der Waals surface area (Å²) in [5, 5.41) is 7.30. The van der Waals surface area contributed by atoms with Crippen LogP contribution in [-0.2, 0) is 17.6 Å². The van der Waals surface area contributed by atoms with Crippen LogP contribution in [-0.4, -0.2) is 18.4 Å². The minimum absolute atomic E-state index is 0.00479. The number of nitrogens with two attached hydrogens (primary N) is 1. The predicted molar refractivity (Wildman–Crippen MR) is 106 cm³/mol. The predicted octanol–water partition coefficient (Wildman–Crippen LogP) is 3.67. The highest BCUT2D eigenvalue weighted by Crippen LogP contribution is 2.37. The molecule has 4 N–H and O–H groups in total. The van der Waals surface area contributed by atoms with Gasteiger partial charge in [0.05, 0.1) is 12.1 Å². The lowest BCUT2D eigenvalue weighted by molar-refractivity contribution is -0.115. The number of amides is 2. The van der Waals surface area contributed by atoms with Gasteiger partial charge < -0.3 is 16.4 Å². The van der Waals surface area contributed by atoms with Crippen LogP contribution < -0.4 is 16.4 Å². The van der Waals surface area contributed by atoms with Gasteiger partial charge in [-0.2, -0.15) is 0 Å². The lowest BCUT2D eigenvalue weighted by atomic mass is 9.95. The van der Waals surface area contributed by atoms with E-state index in [-0.39, 0.29) is 18.5 Å². The average molecular weight is 392 g/mol. The monoisotopic (exact) mass is 391 g/mol. The van der Waals surface area contributed by atoms with Gasteiger partial charge in [0.1, 0.15) is 5.00 Å². The zero-order valence-corrected chi connectivity index (χ0v) is 16.2. The fourth-order valence-corrected chi connectivity index (χ4v) is 4.64. The number of nitrogens with one attached hydrogen (secondary N) is 2. The van der Waals surface area contributed by atoms with E-state index in [2.05, 4.69) is 10.6 Å². The molecule has 1 aromatic heterocycles. The maximum absolute atomic E-state index is 12.3. The maximum atomic E-state index is 12.3. The van der Waals surface area contributed by atoms with Crippen LogP contribution in [0.25, 0.3) is 0 Å². The summed E-state index contributed by atoms with van der Waals surface area (Å²) in [5.74, 6) is -0.658. The molecule has 0 fully saturated rings. The number of primary amides is 1. The summed E-state index contributed by atoms with van der Waals surface area (Å²) in [7, 11) is 0. The van der Waals surface area contributed by atoms with E-state index in [1.54, 1.807) is 0 Å². The minimum Gasteiger partial charge on any atom is -0.365 e. The van der Waals surface area contributed by atoms with Crippen molar-refractivity contribution in [2.45, 2.75) is 38.6 Å². The lowest BCUT2D eigenvalue weighted by Crippen LogP contribution is -2.30. The van der Waals surface area contributed by atoms with E-state index in [1.807, 2.05) is 31.2 Å².